The second-order valence-corrected chi connectivity index (χ2v) is 6.04. The van der Waals surface area contributed by atoms with Gasteiger partial charge in [0.2, 0.25) is 0 Å². The standard InChI is InChI=1S/C12H17FO2S/c1-12(2,3)15-7-8-16(14)11-6-4-5-10(13)9-11/h4-6,9H,7-8H2,1-3H3. The summed E-state index contributed by atoms with van der Waals surface area (Å²) in [6.07, 6.45) is 0. The van der Waals surface area contributed by atoms with Crippen molar-refractivity contribution in [3.05, 3.63) is 30.1 Å². The third kappa shape index (κ3) is 4.86. The molecule has 0 fully saturated rings. The number of ether oxygens (including phenoxy) is 1. The first-order valence-electron chi connectivity index (χ1n) is 5.16. The average Bonchev–Trinajstić information content (AvgIpc) is 2.15. The Kier molecular flexibility index (Phi) is 4.62. The van der Waals surface area contributed by atoms with Crippen LogP contribution in [-0.2, 0) is 15.5 Å². The molecule has 0 saturated carbocycles. The molecule has 0 bridgehead atoms. The molecule has 0 amide bonds. The molecule has 0 N–H and O–H groups in total. The highest BCUT2D eigenvalue weighted by Gasteiger charge is 2.11. The molecule has 0 radical (unpaired) electrons. The second-order valence-electron chi connectivity index (χ2n) is 4.47. The molecule has 1 rings (SSSR count). The van der Waals surface area contributed by atoms with Crippen molar-refractivity contribution < 1.29 is 13.3 Å². The van der Waals surface area contributed by atoms with Gasteiger partial charge in [-0.2, -0.15) is 0 Å². The lowest BCUT2D eigenvalue weighted by atomic mass is 10.2. The summed E-state index contributed by atoms with van der Waals surface area (Å²) in [5.74, 6) is 0.0309. The van der Waals surface area contributed by atoms with Crippen molar-refractivity contribution in [2.45, 2.75) is 31.3 Å². The predicted molar refractivity (Wildman–Crippen MR) is 63.4 cm³/mol. The van der Waals surface area contributed by atoms with Crippen LogP contribution in [0.2, 0.25) is 0 Å². The fraction of sp³-hybridized carbons (Fsp3) is 0.500. The van der Waals surface area contributed by atoms with Crippen LogP contribution in [0.3, 0.4) is 0 Å². The topological polar surface area (TPSA) is 26.3 Å². The average molecular weight is 244 g/mol. The Bertz CT molecular complexity index is 372. The van der Waals surface area contributed by atoms with E-state index in [1.54, 1.807) is 12.1 Å². The first-order chi connectivity index (χ1) is 7.38. The van der Waals surface area contributed by atoms with E-state index in [-0.39, 0.29) is 11.4 Å². The third-order valence-corrected chi connectivity index (χ3v) is 3.18. The molecule has 1 aromatic carbocycles. The van der Waals surface area contributed by atoms with Crippen molar-refractivity contribution in [2.24, 2.45) is 0 Å². The van der Waals surface area contributed by atoms with E-state index in [0.717, 1.165) is 0 Å². The molecule has 0 aliphatic heterocycles. The molecule has 1 unspecified atom stereocenters. The van der Waals surface area contributed by atoms with Gasteiger partial charge in [0, 0.05) is 4.90 Å². The first kappa shape index (κ1) is 13.3. The van der Waals surface area contributed by atoms with Crippen molar-refractivity contribution in [1.29, 1.82) is 0 Å². The van der Waals surface area contributed by atoms with Crippen LogP contribution in [0.25, 0.3) is 0 Å². The van der Waals surface area contributed by atoms with Gasteiger partial charge < -0.3 is 4.74 Å². The predicted octanol–water partition coefficient (Wildman–Crippen LogP) is 2.75. The van der Waals surface area contributed by atoms with Gasteiger partial charge in [-0.1, -0.05) is 6.07 Å². The van der Waals surface area contributed by atoms with Crippen LogP contribution in [0.4, 0.5) is 4.39 Å². The molecule has 0 aliphatic rings. The SMILES string of the molecule is CC(C)(C)OCCS(=O)c1cccc(F)c1. The normalized spacial score (nSPS) is 13.8. The van der Waals surface area contributed by atoms with Gasteiger partial charge in [0.1, 0.15) is 5.82 Å². The molecule has 0 aliphatic carbocycles. The van der Waals surface area contributed by atoms with Crippen LogP contribution < -0.4 is 0 Å². The number of rotatable bonds is 4. The van der Waals surface area contributed by atoms with Crippen LogP contribution in [0.1, 0.15) is 20.8 Å². The summed E-state index contributed by atoms with van der Waals surface area (Å²) in [6.45, 7) is 6.24. The van der Waals surface area contributed by atoms with Crippen LogP contribution in [0.15, 0.2) is 29.2 Å². The highest BCUT2D eigenvalue weighted by Crippen LogP contribution is 2.11. The Morgan fingerprint density at radius 3 is 2.62 bits per heavy atom. The van der Waals surface area contributed by atoms with Crippen LogP contribution in [-0.4, -0.2) is 22.2 Å². The summed E-state index contributed by atoms with van der Waals surface area (Å²) in [5, 5.41) is 0. The van der Waals surface area contributed by atoms with Gasteiger partial charge in [-0.15, -0.1) is 0 Å². The minimum atomic E-state index is -1.19. The molecule has 0 aromatic heterocycles. The molecular formula is C12H17FO2S. The Morgan fingerprint density at radius 2 is 2.06 bits per heavy atom. The largest absolute Gasteiger partial charge is 0.375 e. The summed E-state index contributed by atoms with van der Waals surface area (Å²) in [7, 11) is -1.19. The fourth-order valence-electron chi connectivity index (χ4n) is 1.15. The van der Waals surface area contributed by atoms with E-state index in [2.05, 4.69) is 0 Å². The van der Waals surface area contributed by atoms with Crippen LogP contribution in [0.5, 0.6) is 0 Å². The van der Waals surface area contributed by atoms with Gasteiger partial charge >= 0.3 is 0 Å². The Labute approximate surface area is 98.3 Å². The maximum Gasteiger partial charge on any atom is 0.124 e. The minimum Gasteiger partial charge on any atom is -0.375 e. The maximum atomic E-state index is 12.9. The van der Waals surface area contributed by atoms with Gasteiger partial charge in [-0.05, 0) is 39.0 Å². The van der Waals surface area contributed by atoms with E-state index < -0.39 is 10.8 Å². The summed E-state index contributed by atoms with van der Waals surface area (Å²) in [6, 6.07) is 5.86. The quantitative estimate of drug-likeness (QED) is 0.814. The molecule has 4 heteroatoms. The molecule has 16 heavy (non-hydrogen) atoms. The number of benzene rings is 1. The zero-order chi connectivity index (χ0) is 12.2. The molecule has 0 heterocycles. The summed E-state index contributed by atoms with van der Waals surface area (Å²) in [4.78, 5) is 0.512. The molecule has 0 saturated heterocycles. The fourth-order valence-corrected chi connectivity index (χ4v) is 2.09. The highest BCUT2D eigenvalue weighted by atomic mass is 32.2. The van der Waals surface area contributed by atoms with Gasteiger partial charge in [0.25, 0.3) is 0 Å². The summed E-state index contributed by atoms with van der Waals surface area (Å²) < 4.78 is 30.1. The number of hydrogen-bond donors (Lipinski definition) is 0. The molecule has 90 valence electrons. The van der Waals surface area contributed by atoms with Gasteiger partial charge in [-0.25, -0.2) is 4.39 Å². The van der Waals surface area contributed by atoms with E-state index in [1.807, 2.05) is 20.8 Å². The van der Waals surface area contributed by atoms with E-state index in [1.165, 1.54) is 12.1 Å². The summed E-state index contributed by atoms with van der Waals surface area (Å²) >= 11 is 0. The lowest BCUT2D eigenvalue weighted by molar-refractivity contribution is 0.00668. The lowest BCUT2D eigenvalue weighted by Crippen LogP contribution is -2.22. The van der Waals surface area contributed by atoms with Crippen LogP contribution >= 0.6 is 0 Å². The van der Waals surface area contributed by atoms with Gasteiger partial charge in [0.05, 0.1) is 28.8 Å². The highest BCUT2D eigenvalue weighted by molar-refractivity contribution is 7.85. The molecule has 0 spiro atoms. The lowest BCUT2D eigenvalue weighted by Gasteiger charge is -2.19. The van der Waals surface area contributed by atoms with Crippen LogP contribution in [0, 0.1) is 5.82 Å². The molecule has 2 nitrogen and oxygen atoms in total. The molecular weight excluding hydrogens is 227 g/mol. The zero-order valence-electron chi connectivity index (χ0n) is 9.83. The number of halogens is 1. The molecule has 1 atom stereocenters. The van der Waals surface area contributed by atoms with Gasteiger partial charge in [-0.3, -0.25) is 4.21 Å². The van der Waals surface area contributed by atoms with Crippen molar-refractivity contribution in [3.63, 3.8) is 0 Å². The monoisotopic (exact) mass is 244 g/mol. The minimum absolute atomic E-state index is 0.230. The van der Waals surface area contributed by atoms with E-state index in [9.17, 15) is 8.60 Å². The number of hydrogen-bond acceptors (Lipinski definition) is 2. The third-order valence-electron chi connectivity index (χ3n) is 1.86. The van der Waals surface area contributed by atoms with Crippen molar-refractivity contribution in [2.75, 3.05) is 12.4 Å². The zero-order valence-corrected chi connectivity index (χ0v) is 10.6. The van der Waals surface area contributed by atoms with E-state index >= 15 is 0 Å². The van der Waals surface area contributed by atoms with E-state index in [0.29, 0.717) is 17.3 Å². The summed E-state index contributed by atoms with van der Waals surface area (Å²) in [5.41, 5.74) is -0.230. The first-order valence-corrected chi connectivity index (χ1v) is 6.48. The maximum absolute atomic E-state index is 12.9. The Morgan fingerprint density at radius 1 is 1.38 bits per heavy atom. The van der Waals surface area contributed by atoms with Crippen molar-refractivity contribution in [1.82, 2.24) is 0 Å². The smallest absolute Gasteiger partial charge is 0.124 e. The van der Waals surface area contributed by atoms with E-state index in [4.69, 9.17) is 4.74 Å². The van der Waals surface area contributed by atoms with Crippen molar-refractivity contribution in [3.8, 4) is 0 Å². The Balaban J connectivity index is 2.47. The second kappa shape index (κ2) is 5.55. The Hall–Kier alpha value is -0.740. The molecule has 1 aromatic rings. The van der Waals surface area contributed by atoms with Crippen molar-refractivity contribution >= 4 is 10.8 Å². The van der Waals surface area contributed by atoms with Gasteiger partial charge in [0.15, 0.2) is 0 Å².